The number of sulfonamides is 1. The summed E-state index contributed by atoms with van der Waals surface area (Å²) in [7, 11) is -2.33. The minimum Gasteiger partial charge on any atom is -0.315 e. The summed E-state index contributed by atoms with van der Waals surface area (Å²) < 4.78 is 28.0. The average Bonchev–Trinajstić information content (AvgIpc) is 2.52. The topological polar surface area (TPSA) is 126 Å². The second-order valence-corrected chi connectivity index (χ2v) is 6.78. The van der Waals surface area contributed by atoms with Crippen LogP contribution in [0.2, 0.25) is 0 Å². The SMILES string of the molecule is CCCNCCNS(=O)(=O)c1cnc2c(c1)c(=O)[nH]c(=O)n2C. The smallest absolute Gasteiger partial charge is 0.315 e. The standard InChI is InChI=1S/C13H19N5O4S/c1-3-4-14-5-6-16-23(21,22)9-7-10-11(15-8-9)18(2)13(20)17-12(10)19/h7-8,14,16H,3-6H2,1-2H3,(H,17,19,20). The molecule has 0 atom stereocenters. The third-order valence-electron chi connectivity index (χ3n) is 3.26. The number of hydrogen-bond acceptors (Lipinski definition) is 6. The Morgan fingerprint density at radius 2 is 2.00 bits per heavy atom. The highest BCUT2D eigenvalue weighted by molar-refractivity contribution is 7.89. The summed E-state index contributed by atoms with van der Waals surface area (Å²) in [4.78, 5) is 29.2. The van der Waals surface area contributed by atoms with Crippen LogP contribution in [0.5, 0.6) is 0 Å². The second kappa shape index (κ2) is 7.02. The predicted molar refractivity (Wildman–Crippen MR) is 86.0 cm³/mol. The number of aromatic amines is 1. The van der Waals surface area contributed by atoms with Gasteiger partial charge >= 0.3 is 5.69 Å². The van der Waals surface area contributed by atoms with Gasteiger partial charge in [0.15, 0.2) is 0 Å². The first kappa shape index (κ1) is 17.3. The Kier molecular flexibility index (Phi) is 5.29. The molecular weight excluding hydrogens is 322 g/mol. The number of pyridine rings is 1. The molecule has 0 aliphatic carbocycles. The lowest BCUT2D eigenvalue weighted by atomic mass is 10.3. The van der Waals surface area contributed by atoms with Gasteiger partial charge in [-0.3, -0.25) is 14.3 Å². The van der Waals surface area contributed by atoms with Crippen LogP contribution in [-0.4, -0.2) is 42.6 Å². The molecule has 2 aromatic rings. The van der Waals surface area contributed by atoms with Gasteiger partial charge in [-0.2, -0.15) is 0 Å². The van der Waals surface area contributed by atoms with Gasteiger partial charge in [-0.15, -0.1) is 0 Å². The van der Waals surface area contributed by atoms with E-state index in [-0.39, 0.29) is 22.5 Å². The summed E-state index contributed by atoms with van der Waals surface area (Å²) in [6.45, 7) is 3.55. The summed E-state index contributed by atoms with van der Waals surface area (Å²) in [5.41, 5.74) is -1.15. The van der Waals surface area contributed by atoms with E-state index < -0.39 is 21.3 Å². The van der Waals surface area contributed by atoms with E-state index in [2.05, 4.69) is 20.0 Å². The van der Waals surface area contributed by atoms with Crippen molar-refractivity contribution in [3.63, 3.8) is 0 Å². The van der Waals surface area contributed by atoms with Gasteiger partial charge in [0.1, 0.15) is 10.5 Å². The molecule has 0 saturated heterocycles. The molecule has 9 nitrogen and oxygen atoms in total. The summed E-state index contributed by atoms with van der Waals surface area (Å²) in [6, 6.07) is 1.21. The van der Waals surface area contributed by atoms with E-state index >= 15 is 0 Å². The molecular formula is C13H19N5O4S. The normalized spacial score (nSPS) is 11.9. The Balaban J connectivity index is 2.30. The van der Waals surface area contributed by atoms with Crippen LogP contribution in [0.15, 0.2) is 26.7 Å². The Hall–Kier alpha value is -2.04. The lowest BCUT2D eigenvalue weighted by Crippen LogP contribution is -2.33. The number of nitrogens with one attached hydrogen (secondary N) is 3. The molecule has 0 amide bonds. The van der Waals surface area contributed by atoms with Crippen molar-refractivity contribution >= 4 is 21.1 Å². The monoisotopic (exact) mass is 341 g/mol. The van der Waals surface area contributed by atoms with E-state index in [9.17, 15) is 18.0 Å². The Bertz CT molecular complexity index is 916. The molecule has 0 aliphatic rings. The molecule has 0 aliphatic heterocycles. The minimum absolute atomic E-state index is 0.0408. The maximum Gasteiger partial charge on any atom is 0.329 e. The van der Waals surface area contributed by atoms with E-state index in [1.54, 1.807) is 0 Å². The Labute approximate surface area is 132 Å². The van der Waals surface area contributed by atoms with Gasteiger partial charge < -0.3 is 5.32 Å². The fourth-order valence-electron chi connectivity index (χ4n) is 2.02. The summed E-state index contributed by atoms with van der Waals surface area (Å²) >= 11 is 0. The number of nitrogens with zero attached hydrogens (tertiary/aromatic N) is 2. The van der Waals surface area contributed by atoms with E-state index in [1.165, 1.54) is 13.1 Å². The zero-order chi connectivity index (χ0) is 17.0. The molecule has 126 valence electrons. The van der Waals surface area contributed by atoms with Crippen LogP contribution >= 0.6 is 0 Å². The molecule has 2 aromatic heterocycles. The van der Waals surface area contributed by atoms with Crippen LogP contribution < -0.4 is 21.3 Å². The molecule has 0 spiro atoms. The van der Waals surface area contributed by atoms with Crippen LogP contribution in [0.1, 0.15) is 13.3 Å². The lowest BCUT2D eigenvalue weighted by molar-refractivity contribution is 0.575. The highest BCUT2D eigenvalue weighted by Gasteiger charge is 2.16. The van der Waals surface area contributed by atoms with Gasteiger partial charge in [-0.05, 0) is 19.0 Å². The van der Waals surface area contributed by atoms with Gasteiger partial charge in [-0.25, -0.2) is 22.9 Å². The van der Waals surface area contributed by atoms with E-state index in [4.69, 9.17) is 0 Å². The number of hydrogen-bond donors (Lipinski definition) is 3. The summed E-state index contributed by atoms with van der Waals surface area (Å²) in [5.74, 6) is 0. The van der Waals surface area contributed by atoms with Crippen LogP contribution in [0.25, 0.3) is 11.0 Å². The van der Waals surface area contributed by atoms with Crippen molar-refractivity contribution < 1.29 is 8.42 Å². The van der Waals surface area contributed by atoms with Gasteiger partial charge in [0.25, 0.3) is 5.56 Å². The quantitative estimate of drug-likeness (QED) is 0.549. The van der Waals surface area contributed by atoms with Crippen molar-refractivity contribution in [1.29, 1.82) is 0 Å². The van der Waals surface area contributed by atoms with Gasteiger partial charge in [0.2, 0.25) is 10.0 Å². The van der Waals surface area contributed by atoms with Crippen molar-refractivity contribution in [2.75, 3.05) is 19.6 Å². The second-order valence-electron chi connectivity index (χ2n) is 5.01. The van der Waals surface area contributed by atoms with Gasteiger partial charge in [0, 0.05) is 26.3 Å². The fraction of sp³-hybridized carbons (Fsp3) is 0.462. The molecule has 2 rings (SSSR count). The van der Waals surface area contributed by atoms with E-state index in [1.807, 2.05) is 6.92 Å². The predicted octanol–water partition coefficient (Wildman–Crippen LogP) is -1.10. The van der Waals surface area contributed by atoms with Gasteiger partial charge in [0.05, 0.1) is 5.39 Å². The highest BCUT2D eigenvalue weighted by atomic mass is 32.2. The van der Waals surface area contributed by atoms with Crippen molar-refractivity contribution in [1.82, 2.24) is 24.6 Å². The lowest BCUT2D eigenvalue weighted by Gasteiger charge is -2.08. The van der Waals surface area contributed by atoms with E-state index in [0.29, 0.717) is 6.54 Å². The third kappa shape index (κ3) is 3.84. The molecule has 0 bridgehead atoms. The van der Waals surface area contributed by atoms with Crippen molar-refractivity contribution in [3.05, 3.63) is 33.1 Å². The van der Waals surface area contributed by atoms with E-state index in [0.717, 1.165) is 23.7 Å². The molecule has 0 saturated carbocycles. The number of aromatic nitrogens is 3. The molecule has 23 heavy (non-hydrogen) atoms. The summed E-state index contributed by atoms with van der Waals surface area (Å²) in [6.07, 6.45) is 2.09. The molecule has 10 heteroatoms. The zero-order valence-corrected chi connectivity index (χ0v) is 13.7. The molecule has 0 radical (unpaired) electrons. The van der Waals surface area contributed by atoms with Crippen LogP contribution in [0, 0.1) is 0 Å². The maximum absolute atomic E-state index is 12.2. The molecule has 0 aromatic carbocycles. The van der Waals surface area contributed by atoms with Crippen molar-refractivity contribution in [2.24, 2.45) is 7.05 Å². The number of aryl methyl sites for hydroxylation is 1. The first-order valence-electron chi connectivity index (χ1n) is 7.16. The first-order valence-corrected chi connectivity index (χ1v) is 8.64. The van der Waals surface area contributed by atoms with Crippen LogP contribution in [0.4, 0.5) is 0 Å². The number of fused-ring (bicyclic) bond motifs is 1. The molecule has 3 N–H and O–H groups in total. The van der Waals surface area contributed by atoms with Crippen molar-refractivity contribution in [2.45, 2.75) is 18.2 Å². The molecule has 0 unspecified atom stereocenters. The van der Waals surface area contributed by atoms with Crippen LogP contribution in [0.3, 0.4) is 0 Å². The largest absolute Gasteiger partial charge is 0.329 e. The highest BCUT2D eigenvalue weighted by Crippen LogP contribution is 2.11. The Morgan fingerprint density at radius 3 is 2.70 bits per heavy atom. The van der Waals surface area contributed by atoms with Gasteiger partial charge in [-0.1, -0.05) is 6.92 Å². The number of rotatable bonds is 7. The maximum atomic E-state index is 12.2. The first-order chi connectivity index (χ1) is 10.9. The van der Waals surface area contributed by atoms with Crippen molar-refractivity contribution in [3.8, 4) is 0 Å². The molecule has 0 fully saturated rings. The third-order valence-corrected chi connectivity index (χ3v) is 4.69. The molecule has 2 heterocycles. The average molecular weight is 341 g/mol. The zero-order valence-electron chi connectivity index (χ0n) is 12.9. The Morgan fingerprint density at radius 1 is 1.26 bits per heavy atom. The van der Waals surface area contributed by atoms with Crippen LogP contribution in [-0.2, 0) is 17.1 Å². The summed E-state index contributed by atoms with van der Waals surface area (Å²) in [5, 5.41) is 3.12. The minimum atomic E-state index is -3.77. The fourth-order valence-corrected chi connectivity index (χ4v) is 3.03. The number of H-pyrrole nitrogens is 1.